The number of hydrogen-bond donors (Lipinski definition) is 1. The fourth-order valence-corrected chi connectivity index (χ4v) is 1.84. The number of anilines is 1. The molecule has 1 fully saturated rings. The summed E-state index contributed by atoms with van der Waals surface area (Å²) in [5.74, 6) is -1.47. The van der Waals surface area contributed by atoms with E-state index in [4.69, 9.17) is 14.6 Å². The second-order valence-electron chi connectivity index (χ2n) is 4.09. The molecule has 0 aliphatic carbocycles. The maximum atomic E-state index is 12.3. The smallest absolute Gasteiger partial charge is 0.323 e. The zero-order valence-corrected chi connectivity index (χ0v) is 10.3. The third-order valence-corrected chi connectivity index (χ3v) is 2.72. The van der Waals surface area contributed by atoms with Crippen molar-refractivity contribution >= 4 is 17.6 Å². The van der Waals surface area contributed by atoms with Gasteiger partial charge in [0.2, 0.25) is 0 Å². The van der Waals surface area contributed by atoms with Crippen molar-refractivity contribution < 1.29 is 24.2 Å². The Balaban J connectivity index is 2.17. The number of aliphatic carboxylic acids is 1. The van der Waals surface area contributed by atoms with E-state index in [0.29, 0.717) is 18.9 Å². The zero-order chi connectivity index (χ0) is 13.7. The van der Waals surface area contributed by atoms with Gasteiger partial charge in [-0.3, -0.25) is 14.5 Å². The summed E-state index contributed by atoms with van der Waals surface area (Å²) in [5, 5.41) is 8.93. The molecule has 0 aromatic heterocycles. The molecule has 1 amide bonds. The molecule has 102 valence electrons. The quantitative estimate of drug-likeness (QED) is 0.859. The first-order chi connectivity index (χ1) is 9.18. The number of nitrogens with zero attached hydrogens (tertiary/aromatic N) is 1. The monoisotopic (exact) mass is 265 g/mol. The number of amides is 1. The van der Waals surface area contributed by atoms with Crippen molar-refractivity contribution in [2.45, 2.75) is 6.10 Å². The van der Waals surface area contributed by atoms with Crippen LogP contribution in [0.15, 0.2) is 30.3 Å². The molecule has 1 N–H and O–H groups in total. The summed E-state index contributed by atoms with van der Waals surface area (Å²) in [4.78, 5) is 24.4. The molecule has 1 aliphatic rings. The van der Waals surface area contributed by atoms with Crippen molar-refractivity contribution in [2.24, 2.45) is 0 Å². The molecule has 2 rings (SSSR count). The molecule has 6 nitrogen and oxygen atoms in total. The number of carboxylic acid groups (broad SMARTS) is 1. The molecule has 1 atom stereocenters. The molecule has 0 saturated carbocycles. The Morgan fingerprint density at radius 1 is 1.26 bits per heavy atom. The van der Waals surface area contributed by atoms with Gasteiger partial charge in [-0.25, -0.2) is 0 Å². The van der Waals surface area contributed by atoms with Crippen molar-refractivity contribution in [3.8, 4) is 0 Å². The molecule has 1 aliphatic heterocycles. The van der Waals surface area contributed by atoms with Gasteiger partial charge in [0.25, 0.3) is 5.91 Å². The van der Waals surface area contributed by atoms with Crippen LogP contribution in [0.5, 0.6) is 0 Å². The summed E-state index contributed by atoms with van der Waals surface area (Å²) in [6, 6.07) is 8.66. The second-order valence-corrected chi connectivity index (χ2v) is 4.09. The van der Waals surface area contributed by atoms with Crippen molar-refractivity contribution in [1.82, 2.24) is 0 Å². The van der Waals surface area contributed by atoms with Gasteiger partial charge < -0.3 is 14.6 Å². The van der Waals surface area contributed by atoms with E-state index in [2.05, 4.69) is 0 Å². The van der Waals surface area contributed by atoms with Gasteiger partial charge in [-0.05, 0) is 12.1 Å². The van der Waals surface area contributed by atoms with Crippen LogP contribution in [0.3, 0.4) is 0 Å². The lowest BCUT2D eigenvalue weighted by Crippen LogP contribution is -2.47. The third-order valence-electron chi connectivity index (χ3n) is 2.72. The molecule has 0 radical (unpaired) electrons. The number of carboxylic acids is 1. The van der Waals surface area contributed by atoms with E-state index in [1.165, 1.54) is 4.90 Å². The summed E-state index contributed by atoms with van der Waals surface area (Å²) >= 11 is 0. The van der Waals surface area contributed by atoms with E-state index in [-0.39, 0.29) is 6.61 Å². The second kappa shape index (κ2) is 6.31. The van der Waals surface area contributed by atoms with E-state index < -0.39 is 24.5 Å². The number of carbonyl (C=O) groups is 2. The van der Waals surface area contributed by atoms with Crippen LogP contribution in [0.2, 0.25) is 0 Å². The predicted molar refractivity (Wildman–Crippen MR) is 67.0 cm³/mol. The molecule has 1 heterocycles. The van der Waals surface area contributed by atoms with Gasteiger partial charge in [0.1, 0.15) is 6.54 Å². The lowest BCUT2D eigenvalue weighted by Gasteiger charge is -2.28. The summed E-state index contributed by atoms with van der Waals surface area (Å²) in [7, 11) is 0. The lowest BCUT2D eigenvalue weighted by molar-refractivity contribution is -0.147. The minimum atomic E-state index is -1.08. The van der Waals surface area contributed by atoms with Crippen LogP contribution in [0, 0.1) is 0 Å². The van der Waals surface area contributed by atoms with Crippen LogP contribution >= 0.6 is 0 Å². The summed E-state index contributed by atoms with van der Waals surface area (Å²) < 4.78 is 10.5. The van der Waals surface area contributed by atoms with Gasteiger partial charge in [0.15, 0.2) is 6.10 Å². The van der Waals surface area contributed by atoms with Gasteiger partial charge in [-0.2, -0.15) is 0 Å². The Bertz CT molecular complexity index is 442. The SMILES string of the molecule is O=C(O)CN(C(=O)[C@H]1COCCO1)c1ccccc1. The lowest BCUT2D eigenvalue weighted by atomic mass is 10.2. The van der Waals surface area contributed by atoms with E-state index in [9.17, 15) is 9.59 Å². The highest BCUT2D eigenvalue weighted by molar-refractivity contribution is 6.00. The topological polar surface area (TPSA) is 76.1 Å². The van der Waals surface area contributed by atoms with E-state index in [1.807, 2.05) is 0 Å². The molecular weight excluding hydrogens is 250 g/mol. The van der Waals surface area contributed by atoms with Crippen molar-refractivity contribution in [2.75, 3.05) is 31.3 Å². The number of carbonyl (C=O) groups excluding carboxylic acids is 1. The molecular formula is C13H15NO5. The first-order valence-electron chi connectivity index (χ1n) is 5.96. The standard InChI is InChI=1S/C13H15NO5/c15-12(16)8-14(10-4-2-1-3-5-10)13(17)11-9-18-6-7-19-11/h1-5,11H,6-9H2,(H,15,16)/t11-/m1/s1. The van der Waals surface area contributed by atoms with Crippen LogP contribution in [-0.4, -0.2) is 49.5 Å². The summed E-state index contributed by atoms with van der Waals surface area (Å²) in [5.41, 5.74) is 0.532. The molecule has 1 aromatic carbocycles. The van der Waals surface area contributed by atoms with Gasteiger partial charge in [0.05, 0.1) is 19.8 Å². The Kier molecular flexibility index (Phi) is 4.48. The van der Waals surface area contributed by atoms with Crippen LogP contribution in [0.4, 0.5) is 5.69 Å². The van der Waals surface area contributed by atoms with Crippen LogP contribution < -0.4 is 4.90 Å². The Labute approximate surface area is 110 Å². The molecule has 19 heavy (non-hydrogen) atoms. The Morgan fingerprint density at radius 2 is 2.00 bits per heavy atom. The van der Waals surface area contributed by atoms with Gasteiger partial charge in [0, 0.05) is 5.69 Å². The predicted octanol–water partition coefficient (Wildman–Crippen LogP) is 0.520. The van der Waals surface area contributed by atoms with Gasteiger partial charge >= 0.3 is 5.97 Å². The van der Waals surface area contributed by atoms with Crippen molar-refractivity contribution in [1.29, 1.82) is 0 Å². The minimum absolute atomic E-state index is 0.155. The van der Waals surface area contributed by atoms with Gasteiger partial charge in [-0.15, -0.1) is 0 Å². The van der Waals surface area contributed by atoms with Gasteiger partial charge in [-0.1, -0.05) is 18.2 Å². The fraction of sp³-hybridized carbons (Fsp3) is 0.385. The van der Waals surface area contributed by atoms with Crippen LogP contribution in [0.1, 0.15) is 0 Å². The van der Waals surface area contributed by atoms with E-state index in [1.54, 1.807) is 30.3 Å². The number of hydrogen-bond acceptors (Lipinski definition) is 4. The largest absolute Gasteiger partial charge is 0.480 e. The summed E-state index contributed by atoms with van der Waals surface area (Å²) in [6.45, 7) is 0.546. The fourth-order valence-electron chi connectivity index (χ4n) is 1.84. The van der Waals surface area contributed by atoms with Crippen molar-refractivity contribution in [3.05, 3.63) is 30.3 Å². The maximum absolute atomic E-state index is 12.3. The Morgan fingerprint density at radius 3 is 2.58 bits per heavy atom. The molecule has 1 saturated heterocycles. The molecule has 0 bridgehead atoms. The highest BCUT2D eigenvalue weighted by Gasteiger charge is 2.29. The molecule has 1 aromatic rings. The number of ether oxygens (including phenoxy) is 2. The van der Waals surface area contributed by atoms with E-state index in [0.717, 1.165) is 0 Å². The number of para-hydroxylation sites is 1. The average molecular weight is 265 g/mol. The zero-order valence-electron chi connectivity index (χ0n) is 10.3. The minimum Gasteiger partial charge on any atom is -0.480 e. The number of rotatable bonds is 4. The van der Waals surface area contributed by atoms with Crippen molar-refractivity contribution in [3.63, 3.8) is 0 Å². The third kappa shape index (κ3) is 3.52. The summed E-state index contributed by atoms with van der Waals surface area (Å²) in [6.07, 6.45) is -0.742. The highest BCUT2D eigenvalue weighted by atomic mass is 16.6. The van der Waals surface area contributed by atoms with Crippen LogP contribution in [0.25, 0.3) is 0 Å². The Hall–Kier alpha value is -1.92. The average Bonchev–Trinajstić information content (AvgIpc) is 2.46. The normalized spacial score (nSPS) is 18.8. The first kappa shape index (κ1) is 13.5. The first-order valence-corrected chi connectivity index (χ1v) is 5.96. The maximum Gasteiger partial charge on any atom is 0.323 e. The van der Waals surface area contributed by atoms with E-state index >= 15 is 0 Å². The molecule has 0 unspecified atom stereocenters. The molecule has 0 spiro atoms. The highest BCUT2D eigenvalue weighted by Crippen LogP contribution is 2.16. The molecule has 6 heteroatoms. The number of benzene rings is 1. The van der Waals surface area contributed by atoms with Crippen LogP contribution in [-0.2, 0) is 19.1 Å².